The number of amides is 2. The Kier molecular flexibility index (Phi) is 6.52. The van der Waals surface area contributed by atoms with Crippen LogP contribution in [0.2, 0.25) is 0 Å². The minimum absolute atomic E-state index is 0.0610. The summed E-state index contributed by atoms with van der Waals surface area (Å²) in [7, 11) is 0. The van der Waals surface area contributed by atoms with Gasteiger partial charge >= 0.3 is 0 Å². The van der Waals surface area contributed by atoms with Gasteiger partial charge in [-0.05, 0) is 42.0 Å². The largest absolute Gasteiger partial charge is 0.487 e. The van der Waals surface area contributed by atoms with Crippen molar-refractivity contribution in [3.63, 3.8) is 0 Å². The Bertz CT molecular complexity index is 1060. The number of halogens is 1. The highest BCUT2D eigenvalue weighted by Gasteiger charge is 2.35. The summed E-state index contributed by atoms with van der Waals surface area (Å²) in [5, 5.41) is 0. The van der Waals surface area contributed by atoms with E-state index >= 15 is 0 Å². The van der Waals surface area contributed by atoms with Gasteiger partial charge in [0.1, 0.15) is 12.4 Å². The Morgan fingerprint density at radius 1 is 1.00 bits per heavy atom. The fourth-order valence-electron chi connectivity index (χ4n) is 3.42. The number of nitrogens with zero attached hydrogens (tertiary/aromatic N) is 1. The van der Waals surface area contributed by atoms with E-state index in [9.17, 15) is 9.59 Å². The van der Waals surface area contributed by atoms with Gasteiger partial charge in [0.25, 0.3) is 0 Å². The molecule has 1 saturated heterocycles. The minimum Gasteiger partial charge on any atom is -0.487 e. The van der Waals surface area contributed by atoms with Crippen molar-refractivity contribution in [1.82, 2.24) is 5.43 Å². The molecule has 1 atom stereocenters. The van der Waals surface area contributed by atoms with Crippen molar-refractivity contribution in [3.8, 4) is 5.75 Å². The van der Waals surface area contributed by atoms with E-state index in [-0.39, 0.29) is 18.2 Å². The van der Waals surface area contributed by atoms with Crippen molar-refractivity contribution in [2.45, 2.75) is 13.0 Å². The molecule has 1 aliphatic heterocycles. The molecule has 2 N–H and O–H groups in total. The van der Waals surface area contributed by atoms with Crippen LogP contribution in [0.1, 0.15) is 12.0 Å². The normalized spacial score (nSPS) is 15.6. The lowest BCUT2D eigenvalue weighted by Crippen LogP contribution is -2.36. The van der Waals surface area contributed by atoms with Gasteiger partial charge in [-0.15, -0.1) is 0 Å². The number of hydrazine groups is 1. The van der Waals surface area contributed by atoms with Gasteiger partial charge in [0.2, 0.25) is 11.8 Å². The second-order valence-corrected chi connectivity index (χ2v) is 8.18. The predicted molar refractivity (Wildman–Crippen MR) is 124 cm³/mol. The number of ether oxygens (including phenoxy) is 1. The van der Waals surface area contributed by atoms with Crippen molar-refractivity contribution in [1.29, 1.82) is 0 Å². The Morgan fingerprint density at radius 3 is 2.48 bits per heavy atom. The van der Waals surface area contributed by atoms with Gasteiger partial charge in [-0.25, -0.2) is 0 Å². The van der Waals surface area contributed by atoms with E-state index in [2.05, 4.69) is 26.8 Å². The average Bonchev–Trinajstić information content (AvgIpc) is 3.19. The molecule has 0 aliphatic carbocycles. The molecule has 1 aliphatic rings. The monoisotopic (exact) mass is 479 g/mol. The molecule has 1 fully saturated rings. The quantitative estimate of drug-likeness (QED) is 0.488. The van der Waals surface area contributed by atoms with Crippen molar-refractivity contribution in [2.75, 3.05) is 16.9 Å². The second-order valence-electron chi connectivity index (χ2n) is 7.27. The first-order valence-corrected chi connectivity index (χ1v) is 10.8. The van der Waals surface area contributed by atoms with Crippen LogP contribution in [0, 0.1) is 5.92 Å². The molecule has 0 unspecified atom stereocenters. The number of nitrogens with one attached hydrogen (secondary N) is 2. The maximum atomic E-state index is 12.7. The number of hydrogen-bond acceptors (Lipinski definition) is 4. The highest BCUT2D eigenvalue weighted by Crippen LogP contribution is 2.27. The predicted octanol–water partition coefficient (Wildman–Crippen LogP) is 4.52. The molecule has 7 heteroatoms. The van der Waals surface area contributed by atoms with Crippen molar-refractivity contribution < 1.29 is 14.3 Å². The molecule has 0 bridgehead atoms. The number of anilines is 2. The number of carbonyl (C=O) groups is 2. The van der Waals surface area contributed by atoms with Crippen LogP contribution < -0.4 is 20.5 Å². The SMILES string of the molecule is O=C(NNc1ccccc1OCc1ccccc1)[C@@H]1CC(=O)N(c2ccc(Br)cc2)C1. The third-order valence-electron chi connectivity index (χ3n) is 5.08. The maximum Gasteiger partial charge on any atom is 0.243 e. The fourth-order valence-corrected chi connectivity index (χ4v) is 3.68. The van der Waals surface area contributed by atoms with E-state index in [0.717, 1.165) is 15.7 Å². The molecule has 158 valence electrons. The molecule has 0 aromatic heterocycles. The first-order chi connectivity index (χ1) is 15.1. The highest BCUT2D eigenvalue weighted by molar-refractivity contribution is 9.10. The zero-order chi connectivity index (χ0) is 21.6. The van der Waals surface area contributed by atoms with Gasteiger partial charge in [-0.3, -0.25) is 20.4 Å². The van der Waals surface area contributed by atoms with Gasteiger partial charge in [-0.2, -0.15) is 0 Å². The minimum atomic E-state index is -0.430. The summed E-state index contributed by atoms with van der Waals surface area (Å²) in [4.78, 5) is 26.7. The molecule has 31 heavy (non-hydrogen) atoms. The lowest BCUT2D eigenvalue weighted by atomic mass is 10.1. The summed E-state index contributed by atoms with van der Waals surface area (Å²) < 4.78 is 6.84. The second kappa shape index (κ2) is 9.66. The lowest BCUT2D eigenvalue weighted by Gasteiger charge is -2.18. The summed E-state index contributed by atoms with van der Waals surface area (Å²) in [5.41, 5.74) is 8.16. The maximum absolute atomic E-state index is 12.7. The van der Waals surface area contributed by atoms with Crippen molar-refractivity contribution in [3.05, 3.63) is 88.9 Å². The molecule has 2 amide bonds. The van der Waals surface area contributed by atoms with Crippen LogP contribution in [-0.4, -0.2) is 18.4 Å². The lowest BCUT2D eigenvalue weighted by molar-refractivity contribution is -0.125. The Morgan fingerprint density at radius 2 is 1.71 bits per heavy atom. The van der Waals surface area contributed by atoms with E-state index in [0.29, 0.717) is 24.6 Å². The zero-order valence-corrected chi connectivity index (χ0v) is 18.3. The Hall–Kier alpha value is -3.32. The molecule has 0 saturated carbocycles. The first kappa shape index (κ1) is 20.9. The van der Waals surface area contributed by atoms with Crippen LogP contribution in [0.15, 0.2) is 83.3 Å². The summed E-state index contributed by atoms with van der Waals surface area (Å²) in [6, 6.07) is 24.7. The number of hydrogen-bond donors (Lipinski definition) is 2. The average molecular weight is 480 g/mol. The summed E-state index contributed by atoms with van der Waals surface area (Å²) >= 11 is 3.39. The molecule has 6 nitrogen and oxygen atoms in total. The van der Waals surface area contributed by atoms with E-state index in [1.165, 1.54) is 0 Å². The number of benzene rings is 3. The van der Waals surface area contributed by atoms with Crippen LogP contribution in [0.4, 0.5) is 11.4 Å². The molecule has 3 aromatic rings. The molecular weight excluding hydrogens is 458 g/mol. The third-order valence-corrected chi connectivity index (χ3v) is 5.61. The topological polar surface area (TPSA) is 70.7 Å². The molecule has 0 spiro atoms. The Balaban J connectivity index is 1.35. The smallest absolute Gasteiger partial charge is 0.243 e. The molecule has 0 radical (unpaired) electrons. The van der Waals surface area contributed by atoms with Crippen LogP contribution in [0.5, 0.6) is 5.75 Å². The molecule has 3 aromatic carbocycles. The Labute approximate surface area is 189 Å². The van der Waals surface area contributed by atoms with Crippen LogP contribution in [0.25, 0.3) is 0 Å². The van der Waals surface area contributed by atoms with Gasteiger partial charge in [-0.1, -0.05) is 58.4 Å². The van der Waals surface area contributed by atoms with E-state index in [1.54, 1.807) is 4.90 Å². The van der Waals surface area contributed by atoms with E-state index < -0.39 is 5.92 Å². The van der Waals surface area contributed by atoms with Crippen molar-refractivity contribution in [2.24, 2.45) is 5.92 Å². The summed E-state index contributed by atoms with van der Waals surface area (Å²) in [5.74, 6) is -0.0911. The van der Waals surface area contributed by atoms with Gasteiger partial charge in [0, 0.05) is 23.1 Å². The van der Waals surface area contributed by atoms with Gasteiger partial charge in [0.15, 0.2) is 0 Å². The first-order valence-electron chi connectivity index (χ1n) is 9.98. The van der Waals surface area contributed by atoms with E-state index in [4.69, 9.17) is 4.74 Å². The molecular formula is C24H22BrN3O3. The number of carbonyl (C=O) groups excluding carboxylic acids is 2. The molecule has 4 rings (SSSR count). The van der Waals surface area contributed by atoms with Crippen LogP contribution in [0.3, 0.4) is 0 Å². The fraction of sp³-hybridized carbons (Fsp3) is 0.167. The van der Waals surface area contributed by atoms with Crippen LogP contribution in [-0.2, 0) is 16.2 Å². The van der Waals surface area contributed by atoms with Crippen molar-refractivity contribution >= 4 is 39.1 Å². The summed E-state index contributed by atoms with van der Waals surface area (Å²) in [6.07, 6.45) is 0.176. The third kappa shape index (κ3) is 5.24. The zero-order valence-electron chi connectivity index (χ0n) is 16.8. The van der Waals surface area contributed by atoms with Gasteiger partial charge in [0.05, 0.1) is 11.6 Å². The molecule has 1 heterocycles. The summed E-state index contributed by atoms with van der Waals surface area (Å²) in [6.45, 7) is 0.771. The van der Waals surface area contributed by atoms with Crippen LogP contribution >= 0.6 is 15.9 Å². The van der Waals surface area contributed by atoms with Gasteiger partial charge < -0.3 is 9.64 Å². The number of para-hydroxylation sites is 2. The number of rotatable bonds is 7. The standard InChI is InChI=1S/C24H22BrN3O3/c25-19-10-12-20(13-11-19)28-15-18(14-23(28)29)24(30)27-26-21-8-4-5-9-22(21)31-16-17-6-2-1-3-7-17/h1-13,18,26H,14-16H2,(H,27,30)/t18-/m1/s1. The highest BCUT2D eigenvalue weighted by atomic mass is 79.9. The van der Waals surface area contributed by atoms with E-state index in [1.807, 2.05) is 78.9 Å².